The van der Waals surface area contributed by atoms with E-state index in [1.165, 1.54) is 78.0 Å². The highest BCUT2D eigenvalue weighted by molar-refractivity contribution is 5.82. The van der Waals surface area contributed by atoms with Crippen LogP contribution in [0.4, 0.5) is 0 Å². The summed E-state index contributed by atoms with van der Waals surface area (Å²) >= 11 is 0. The maximum Gasteiger partial charge on any atom is 0.0201 e. The van der Waals surface area contributed by atoms with Gasteiger partial charge in [-0.3, -0.25) is 0 Å². The Bertz CT molecular complexity index is 1620. The first-order valence-corrected chi connectivity index (χ1v) is 15.9. The Hall–Kier alpha value is -3.64. The summed E-state index contributed by atoms with van der Waals surface area (Å²) in [6.45, 7) is 27.0. The molecule has 5 rings (SSSR count). The molecule has 0 spiro atoms. The van der Waals surface area contributed by atoms with E-state index < -0.39 is 0 Å². The van der Waals surface area contributed by atoms with Gasteiger partial charge in [0, 0.05) is 11.8 Å². The second-order valence-corrected chi connectivity index (χ2v) is 12.7. The van der Waals surface area contributed by atoms with Gasteiger partial charge >= 0.3 is 0 Å². The third-order valence-electron chi connectivity index (χ3n) is 9.57. The molecule has 1 saturated carbocycles. The Morgan fingerprint density at radius 2 is 1.67 bits per heavy atom. The van der Waals surface area contributed by atoms with Crippen LogP contribution in [0.15, 0.2) is 119 Å². The molecule has 0 bridgehead atoms. The van der Waals surface area contributed by atoms with Crippen molar-refractivity contribution in [3.8, 4) is 0 Å². The van der Waals surface area contributed by atoms with Crippen molar-refractivity contribution in [1.82, 2.24) is 0 Å². The summed E-state index contributed by atoms with van der Waals surface area (Å²) in [5.74, 6) is 0.567. The maximum atomic E-state index is 4.79. The van der Waals surface area contributed by atoms with E-state index in [4.69, 9.17) is 6.58 Å². The second kappa shape index (κ2) is 12.3. The summed E-state index contributed by atoms with van der Waals surface area (Å²) < 4.78 is 0. The number of aryl methyl sites for hydroxylation is 3. The van der Waals surface area contributed by atoms with E-state index in [9.17, 15) is 0 Å². The summed E-state index contributed by atoms with van der Waals surface area (Å²) in [4.78, 5) is 0. The van der Waals surface area contributed by atoms with Crippen molar-refractivity contribution in [2.45, 2.75) is 86.0 Å². The molecule has 0 saturated heterocycles. The molecule has 3 aliphatic carbocycles. The number of fused-ring (bicyclic) bond motifs is 1. The number of benzene rings is 2. The van der Waals surface area contributed by atoms with Crippen molar-refractivity contribution < 1.29 is 0 Å². The van der Waals surface area contributed by atoms with E-state index in [1.807, 2.05) is 0 Å². The van der Waals surface area contributed by atoms with Gasteiger partial charge in [0.05, 0.1) is 0 Å². The fraction of sp³-hybridized carbons (Fsp3) is 0.333. The van der Waals surface area contributed by atoms with Crippen molar-refractivity contribution in [1.29, 1.82) is 0 Å². The smallest absolute Gasteiger partial charge is 0.0201 e. The summed E-state index contributed by atoms with van der Waals surface area (Å²) in [6.07, 6.45) is 15.7. The fourth-order valence-corrected chi connectivity index (χ4v) is 7.49. The van der Waals surface area contributed by atoms with Gasteiger partial charge in [-0.2, -0.15) is 0 Å². The molecule has 0 amide bonds. The minimum Gasteiger partial charge on any atom is -0.0955 e. The monoisotopic (exact) mass is 552 g/mol. The first-order chi connectivity index (χ1) is 20.2. The molecule has 2 aromatic carbocycles. The third-order valence-corrected chi connectivity index (χ3v) is 9.57. The summed E-state index contributed by atoms with van der Waals surface area (Å²) in [5, 5.41) is 0. The van der Waals surface area contributed by atoms with Crippen molar-refractivity contribution in [2.24, 2.45) is 5.92 Å². The topological polar surface area (TPSA) is 0 Å². The normalized spacial score (nSPS) is 21.0. The Morgan fingerprint density at radius 3 is 2.36 bits per heavy atom. The lowest BCUT2D eigenvalue weighted by molar-refractivity contribution is 0.618. The average molecular weight is 553 g/mol. The van der Waals surface area contributed by atoms with E-state index in [2.05, 4.69) is 115 Å². The van der Waals surface area contributed by atoms with Crippen molar-refractivity contribution in [2.75, 3.05) is 0 Å². The highest BCUT2D eigenvalue weighted by atomic mass is 14.4. The average Bonchev–Trinajstić information content (AvgIpc) is 3.55. The van der Waals surface area contributed by atoms with Gasteiger partial charge < -0.3 is 0 Å². The number of allylic oxidation sites excluding steroid dienone is 13. The van der Waals surface area contributed by atoms with Crippen LogP contribution in [-0.2, 0) is 12.8 Å². The lowest BCUT2D eigenvalue weighted by atomic mass is 9.68. The van der Waals surface area contributed by atoms with Crippen LogP contribution in [-0.4, -0.2) is 0 Å². The molecule has 0 heteroatoms. The van der Waals surface area contributed by atoms with Crippen LogP contribution in [0, 0.1) is 12.8 Å². The molecule has 0 nitrogen and oxygen atoms in total. The van der Waals surface area contributed by atoms with E-state index in [-0.39, 0.29) is 5.92 Å². The standard InChI is InChI=1S/C42H48/c1-10-13-28(7)40-29(8)21-37-25-36(30(9)41(37)42(40)35-18-17-32(11-2)33(12-3)24-35)23-31-15-16-34(22-31)38-19-14-27(6)20-39(38)26(4)5/h14-21,23-24,41-42H,4,7,9-13,22,25H2,1-3,5-6,8H3/b36-23+. The fourth-order valence-electron chi connectivity index (χ4n) is 7.49. The molecule has 0 aliphatic heterocycles. The zero-order chi connectivity index (χ0) is 30.1. The van der Waals surface area contributed by atoms with Crippen LogP contribution in [0.3, 0.4) is 0 Å². The largest absolute Gasteiger partial charge is 0.0955 e. The number of rotatable bonds is 9. The van der Waals surface area contributed by atoms with E-state index in [0.29, 0.717) is 5.92 Å². The van der Waals surface area contributed by atoms with E-state index >= 15 is 0 Å². The van der Waals surface area contributed by atoms with Gasteiger partial charge in [0.25, 0.3) is 0 Å². The minimum atomic E-state index is 0.274. The molecule has 216 valence electrons. The van der Waals surface area contributed by atoms with Gasteiger partial charge in [0.1, 0.15) is 0 Å². The molecule has 1 fully saturated rings. The van der Waals surface area contributed by atoms with Crippen LogP contribution < -0.4 is 0 Å². The molecule has 2 aromatic rings. The van der Waals surface area contributed by atoms with Crippen LogP contribution in [0.1, 0.15) is 99.6 Å². The molecule has 0 aromatic heterocycles. The zero-order valence-corrected chi connectivity index (χ0v) is 26.8. The molecule has 0 heterocycles. The highest BCUT2D eigenvalue weighted by Gasteiger charge is 2.41. The van der Waals surface area contributed by atoms with Crippen molar-refractivity contribution in [3.63, 3.8) is 0 Å². The Morgan fingerprint density at radius 1 is 0.905 bits per heavy atom. The molecule has 2 unspecified atom stereocenters. The van der Waals surface area contributed by atoms with Crippen LogP contribution in [0.2, 0.25) is 0 Å². The van der Waals surface area contributed by atoms with Gasteiger partial charge in [-0.25, -0.2) is 0 Å². The number of hydrogen-bond acceptors (Lipinski definition) is 0. The van der Waals surface area contributed by atoms with Crippen LogP contribution in [0.5, 0.6) is 0 Å². The summed E-state index contributed by atoms with van der Waals surface area (Å²) in [5.41, 5.74) is 20.4. The van der Waals surface area contributed by atoms with Gasteiger partial charge in [0.15, 0.2) is 0 Å². The minimum absolute atomic E-state index is 0.274. The van der Waals surface area contributed by atoms with Gasteiger partial charge in [-0.05, 0) is 114 Å². The SMILES string of the molecule is C=C(CCC)C1=C(C)C=C2C/C(=C\C3=CC=C(c4ccc(C)cc4C(=C)C)C3)C(=C)C2C1c1ccc(CC)c(CC)c1. The van der Waals surface area contributed by atoms with Crippen LogP contribution in [0.25, 0.3) is 11.1 Å². The molecular weight excluding hydrogens is 504 g/mol. The van der Waals surface area contributed by atoms with Crippen molar-refractivity contribution in [3.05, 3.63) is 153 Å². The lowest BCUT2D eigenvalue weighted by Crippen LogP contribution is -2.21. The Balaban J connectivity index is 1.48. The molecule has 3 aliphatic rings. The summed E-state index contributed by atoms with van der Waals surface area (Å²) in [6, 6.07) is 14.0. The Labute approximate surface area is 255 Å². The quantitative estimate of drug-likeness (QED) is 0.290. The Kier molecular flexibility index (Phi) is 8.74. The summed E-state index contributed by atoms with van der Waals surface area (Å²) in [7, 11) is 0. The van der Waals surface area contributed by atoms with E-state index in [1.54, 1.807) is 0 Å². The van der Waals surface area contributed by atoms with Crippen LogP contribution >= 0.6 is 0 Å². The van der Waals surface area contributed by atoms with E-state index in [0.717, 1.165) is 44.1 Å². The van der Waals surface area contributed by atoms with Crippen molar-refractivity contribution >= 4 is 11.1 Å². The van der Waals surface area contributed by atoms with Gasteiger partial charge in [-0.1, -0.05) is 130 Å². The predicted molar refractivity (Wildman–Crippen MR) is 185 cm³/mol. The predicted octanol–water partition coefficient (Wildman–Crippen LogP) is 11.8. The molecule has 2 atom stereocenters. The highest BCUT2D eigenvalue weighted by Crippen LogP contribution is 2.55. The first kappa shape index (κ1) is 29.8. The molecule has 0 N–H and O–H groups in total. The third kappa shape index (κ3) is 5.57. The molecule has 0 radical (unpaired) electrons. The zero-order valence-electron chi connectivity index (χ0n) is 26.8. The van der Waals surface area contributed by atoms with Gasteiger partial charge in [-0.15, -0.1) is 0 Å². The maximum absolute atomic E-state index is 4.79. The lowest BCUT2D eigenvalue weighted by Gasteiger charge is -2.35. The molecular formula is C42H48. The number of hydrogen-bond donors (Lipinski definition) is 0. The first-order valence-electron chi connectivity index (χ1n) is 15.9. The molecule has 42 heavy (non-hydrogen) atoms. The second-order valence-electron chi connectivity index (χ2n) is 12.7. The van der Waals surface area contributed by atoms with Gasteiger partial charge in [0.2, 0.25) is 0 Å².